The van der Waals surface area contributed by atoms with Crippen LogP contribution in [0.3, 0.4) is 0 Å². The summed E-state index contributed by atoms with van der Waals surface area (Å²) in [5.74, 6) is 2.42. The lowest BCUT2D eigenvalue weighted by Crippen LogP contribution is -2.25. The van der Waals surface area contributed by atoms with Crippen molar-refractivity contribution in [3.05, 3.63) is 18.5 Å². The van der Waals surface area contributed by atoms with Gasteiger partial charge in [0.15, 0.2) is 11.5 Å². The van der Waals surface area contributed by atoms with Crippen LogP contribution >= 0.6 is 8.25 Å². The third-order valence-corrected chi connectivity index (χ3v) is 5.06. The topological polar surface area (TPSA) is 94.0 Å². The smallest absolute Gasteiger partial charge is 0.493 e. The highest BCUT2D eigenvalue weighted by atomic mass is 31.1. The standard InChI is InChI=1S/C17H22N3O5P/c1-23-15-8-13-14(9-16(15)24-2)18-11-19-17(13)20-6-3-4-12(5-7-20)10-25-26(21)22/h8-9,11-12H,3-7,10H2,1-2H3/p+1. The Balaban J connectivity index is 1.84. The molecule has 2 aromatic rings. The molecular weight excluding hydrogens is 357 g/mol. The Morgan fingerprint density at radius 3 is 2.69 bits per heavy atom. The number of benzene rings is 1. The third kappa shape index (κ3) is 4.20. The maximum atomic E-state index is 10.7. The molecule has 1 N–H and O–H groups in total. The first kappa shape index (κ1) is 18.8. The molecule has 0 spiro atoms. The van der Waals surface area contributed by atoms with Gasteiger partial charge in [0.1, 0.15) is 18.8 Å². The van der Waals surface area contributed by atoms with Gasteiger partial charge in [0.05, 0.1) is 19.7 Å². The SMILES string of the molecule is COc1cc2ncnc(N3CCCC(CO[P+](=O)O)CC3)c2cc1OC. The largest absolute Gasteiger partial charge is 0.694 e. The number of nitrogens with zero attached hydrogens (tertiary/aromatic N) is 3. The predicted molar refractivity (Wildman–Crippen MR) is 98.0 cm³/mol. The van der Waals surface area contributed by atoms with E-state index in [1.807, 2.05) is 12.1 Å². The van der Waals surface area contributed by atoms with Crippen molar-refractivity contribution in [1.82, 2.24) is 9.97 Å². The Labute approximate surface area is 153 Å². The summed E-state index contributed by atoms with van der Waals surface area (Å²) in [6.07, 6.45) is 4.36. The van der Waals surface area contributed by atoms with Crippen molar-refractivity contribution in [3.63, 3.8) is 0 Å². The molecule has 9 heteroatoms. The molecule has 1 fully saturated rings. The second-order valence-electron chi connectivity index (χ2n) is 6.24. The van der Waals surface area contributed by atoms with E-state index in [9.17, 15) is 4.57 Å². The van der Waals surface area contributed by atoms with E-state index in [-0.39, 0.29) is 5.92 Å². The van der Waals surface area contributed by atoms with Gasteiger partial charge in [-0.25, -0.2) is 9.97 Å². The van der Waals surface area contributed by atoms with Crippen LogP contribution in [0.1, 0.15) is 19.3 Å². The van der Waals surface area contributed by atoms with Gasteiger partial charge in [-0.3, -0.25) is 0 Å². The molecule has 0 bridgehead atoms. The molecule has 140 valence electrons. The highest BCUT2D eigenvalue weighted by Gasteiger charge is 2.23. The van der Waals surface area contributed by atoms with Gasteiger partial charge in [-0.05, 0) is 31.2 Å². The zero-order valence-electron chi connectivity index (χ0n) is 14.9. The van der Waals surface area contributed by atoms with Crippen LogP contribution in [0.4, 0.5) is 5.82 Å². The molecule has 26 heavy (non-hydrogen) atoms. The molecule has 2 heterocycles. The van der Waals surface area contributed by atoms with Crippen molar-refractivity contribution in [3.8, 4) is 11.5 Å². The summed E-state index contributed by atoms with van der Waals surface area (Å²) in [4.78, 5) is 19.9. The Morgan fingerprint density at radius 1 is 1.19 bits per heavy atom. The monoisotopic (exact) mass is 380 g/mol. The minimum absolute atomic E-state index is 0.272. The molecule has 3 rings (SSSR count). The van der Waals surface area contributed by atoms with Crippen molar-refractivity contribution in [2.24, 2.45) is 5.92 Å². The van der Waals surface area contributed by atoms with E-state index in [1.165, 1.54) is 0 Å². The summed E-state index contributed by atoms with van der Waals surface area (Å²) >= 11 is 0. The Morgan fingerprint density at radius 2 is 1.96 bits per heavy atom. The van der Waals surface area contributed by atoms with Crippen LogP contribution in [0.2, 0.25) is 0 Å². The summed E-state index contributed by atoms with van der Waals surface area (Å²) in [5, 5.41) is 0.915. The highest BCUT2D eigenvalue weighted by Crippen LogP contribution is 2.35. The maximum absolute atomic E-state index is 10.7. The van der Waals surface area contributed by atoms with Gasteiger partial charge >= 0.3 is 8.25 Å². The van der Waals surface area contributed by atoms with Gasteiger partial charge in [0, 0.05) is 29.1 Å². The van der Waals surface area contributed by atoms with Gasteiger partial charge in [-0.15, -0.1) is 9.42 Å². The van der Waals surface area contributed by atoms with Crippen LogP contribution in [0, 0.1) is 5.92 Å². The molecule has 8 nitrogen and oxygen atoms in total. The second-order valence-corrected chi connectivity index (χ2v) is 6.97. The third-order valence-electron chi connectivity index (χ3n) is 4.69. The van der Waals surface area contributed by atoms with E-state index in [0.29, 0.717) is 18.1 Å². The lowest BCUT2D eigenvalue weighted by Gasteiger charge is -2.23. The molecule has 1 aliphatic rings. The number of methoxy groups -OCH3 is 2. The average molecular weight is 380 g/mol. The van der Waals surface area contributed by atoms with Gasteiger partial charge < -0.3 is 14.4 Å². The van der Waals surface area contributed by atoms with Gasteiger partial charge in [-0.2, -0.15) is 0 Å². The zero-order chi connectivity index (χ0) is 18.5. The number of aromatic nitrogens is 2. The van der Waals surface area contributed by atoms with Crippen LogP contribution in [0.25, 0.3) is 10.9 Å². The molecule has 0 radical (unpaired) electrons. The summed E-state index contributed by atoms with van der Waals surface area (Å²) in [6, 6.07) is 3.76. The van der Waals surface area contributed by atoms with Gasteiger partial charge in [-0.1, -0.05) is 0 Å². The van der Waals surface area contributed by atoms with Crippen LogP contribution < -0.4 is 14.4 Å². The Bertz CT molecular complexity index is 788. The van der Waals surface area contributed by atoms with Crippen LogP contribution in [0.5, 0.6) is 11.5 Å². The molecule has 0 aliphatic carbocycles. The molecule has 1 aromatic heterocycles. The van der Waals surface area contributed by atoms with E-state index in [1.54, 1.807) is 20.5 Å². The number of anilines is 1. The van der Waals surface area contributed by atoms with E-state index in [4.69, 9.17) is 18.9 Å². The number of rotatable bonds is 6. The van der Waals surface area contributed by atoms with Gasteiger partial charge in [0.25, 0.3) is 0 Å². The van der Waals surface area contributed by atoms with E-state index in [2.05, 4.69) is 14.9 Å². The van der Waals surface area contributed by atoms with Crippen molar-refractivity contribution in [2.75, 3.05) is 38.8 Å². The molecule has 0 saturated carbocycles. The molecule has 1 aliphatic heterocycles. The minimum atomic E-state index is -2.53. The zero-order valence-corrected chi connectivity index (χ0v) is 15.8. The Hall–Kier alpha value is -2.02. The van der Waals surface area contributed by atoms with Crippen molar-refractivity contribution < 1.29 is 23.5 Å². The van der Waals surface area contributed by atoms with E-state index >= 15 is 0 Å². The summed E-state index contributed by atoms with van der Waals surface area (Å²) in [6.45, 7) is 1.98. The molecule has 0 amide bonds. The fourth-order valence-corrected chi connectivity index (χ4v) is 3.67. The van der Waals surface area contributed by atoms with Crippen molar-refractivity contribution in [1.29, 1.82) is 0 Å². The first-order valence-corrected chi connectivity index (χ1v) is 9.66. The Kier molecular flexibility index (Phi) is 6.19. The number of ether oxygens (including phenoxy) is 2. The molecule has 2 unspecified atom stereocenters. The summed E-state index contributed by atoms with van der Waals surface area (Å²) in [5.41, 5.74) is 0.800. The highest BCUT2D eigenvalue weighted by molar-refractivity contribution is 7.32. The fourth-order valence-electron chi connectivity index (χ4n) is 3.33. The average Bonchev–Trinajstić information content (AvgIpc) is 2.90. The fraction of sp³-hybridized carbons (Fsp3) is 0.529. The van der Waals surface area contributed by atoms with E-state index in [0.717, 1.165) is 49.1 Å². The summed E-state index contributed by atoms with van der Waals surface area (Å²) < 4.78 is 26.4. The molecule has 1 aromatic carbocycles. The first-order valence-electron chi connectivity index (χ1n) is 8.53. The van der Waals surface area contributed by atoms with Crippen LogP contribution in [-0.2, 0) is 9.09 Å². The van der Waals surface area contributed by atoms with Crippen LogP contribution in [0.15, 0.2) is 18.5 Å². The molecule has 1 saturated heterocycles. The number of hydrogen-bond acceptors (Lipinski definition) is 7. The number of fused-ring (bicyclic) bond motifs is 1. The molecular formula is C17H23N3O5P+. The normalized spacial score (nSPS) is 18.5. The maximum Gasteiger partial charge on any atom is 0.694 e. The second kappa shape index (κ2) is 8.58. The minimum Gasteiger partial charge on any atom is -0.493 e. The predicted octanol–water partition coefficient (Wildman–Crippen LogP) is 2.92. The van der Waals surface area contributed by atoms with Gasteiger partial charge in [0.2, 0.25) is 0 Å². The van der Waals surface area contributed by atoms with Crippen LogP contribution in [-0.4, -0.2) is 48.8 Å². The molecule has 2 atom stereocenters. The first-order chi connectivity index (χ1) is 12.6. The lowest BCUT2D eigenvalue weighted by atomic mass is 10.0. The lowest BCUT2D eigenvalue weighted by molar-refractivity contribution is 0.221. The van der Waals surface area contributed by atoms with E-state index < -0.39 is 8.25 Å². The van der Waals surface area contributed by atoms with Crippen molar-refractivity contribution >= 4 is 25.0 Å². The number of hydrogen-bond donors (Lipinski definition) is 1. The van der Waals surface area contributed by atoms with Crippen molar-refractivity contribution in [2.45, 2.75) is 19.3 Å². The summed E-state index contributed by atoms with van der Waals surface area (Å²) in [7, 11) is 0.674. The quantitative estimate of drug-likeness (QED) is 0.765.